The average molecular weight is 276 g/mol. The van der Waals surface area contributed by atoms with Gasteiger partial charge in [0.1, 0.15) is 5.82 Å². The molecule has 0 saturated heterocycles. The number of hydrogen-bond donors (Lipinski definition) is 0. The van der Waals surface area contributed by atoms with Gasteiger partial charge in [-0.05, 0) is 36.1 Å². The highest BCUT2D eigenvalue weighted by Crippen LogP contribution is 2.41. The normalized spacial score (nSPS) is 14.3. The van der Waals surface area contributed by atoms with Crippen LogP contribution in [0, 0.1) is 6.57 Å². The van der Waals surface area contributed by atoms with E-state index in [1.165, 1.54) is 12.8 Å². The monoisotopic (exact) mass is 276 g/mol. The number of aryl methyl sites for hydroxylation is 1. The molecule has 1 fully saturated rings. The summed E-state index contributed by atoms with van der Waals surface area (Å²) in [7, 11) is 1.91. The van der Waals surface area contributed by atoms with Crippen LogP contribution in [0.4, 0.5) is 5.69 Å². The van der Waals surface area contributed by atoms with Crippen LogP contribution in [-0.4, -0.2) is 14.6 Å². The molecular weight excluding hydrogens is 262 g/mol. The van der Waals surface area contributed by atoms with E-state index in [4.69, 9.17) is 11.6 Å². The van der Waals surface area contributed by atoms with Gasteiger partial charge in [-0.15, -0.1) is 0 Å². The lowest BCUT2D eigenvalue weighted by Gasteiger charge is -2.06. The lowest BCUT2D eigenvalue weighted by Crippen LogP contribution is -2.31. The largest absolute Gasteiger partial charge is 0.321 e. The average Bonchev–Trinajstić information content (AvgIpc) is 3.26. The van der Waals surface area contributed by atoms with Crippen molar-refractivity contribution < 1.29 is 4.68 Å². The standard InChI is InChI=1S/C16H14N5/c1-17-12-3-6-15-14(9-12)19-16(21(15)13-4-5-13)11-7-8-18-20(2)10-11/h3,6-10,13H,4-5H2,2H3/q+1. The lowest BCUT2D eigenvalue weighted by atomic mass is 10.2. The summed E-state index contributed by atoms with van der Waals surface area (Å²) in [6, 6.07) is 8.26. The van der Waals surface area contributed by atoms with Crippen LogP contribution >= 0.6 is 0 Å². The Hall–Kier alpha value is -2.74. The zero-order valence-corrected chi connectivity index (χ0v) is 11.7. The summed E-state index contributed by atoms with van der Waals surface area (Å²) in [6.45, 7) is 7.15. The molecule has 0 atom stereocenters. The number of nitrogens with zero attached hydrogens (tertiary/aromatic N) is 5. The van der Waals surface area contributed by atoms with Gasteiger partial charge in [0.05, 0.1) is 29.4 Å². The van der Waals surface area contributed by atoms with Crippen LogP contribution in [0.25, 0.3) is 27.3 Å². The number of imidazole rings is 1. The fourth-order valence-electron chi connectivity index (χ4n) is 2.69. The molecule has 0 spiro atoms. The number of fused-ring (bicyclic) bond motifs is 1. The van der Waals surface area contributed by atoms with Crippen molar-refractivity contribution >= 4 is 16.7 Å². The van der Waals surface area contributed by atoms with Crippen molar-refractivity contribution in [2.24, 2.45) is 7.05 Å². The van der Waals surface area contributed by atoms with Crippen molar-refractivity contribution in [3.63, 3.8) is 0 Å². The second-order valence-corrected chi connectivity index (χ2v) is 5.41. The molecule has 0 N–H and O–H groups in total. The molecule has 0 unspecified atom stereocenters. The van der Waals surface area contributed by atoms with Gasteiger partial charge in [-0.25, -0.2) is 9.83 Å². The minimum absolute atomic E-state index is 0.530. The minimum Gasteiger partial charge on any atom is -0.321 e. The SMILES string of the molecule is [C-]#[N+]c1ccc2c(c1)nc(-c1ccn[n+](C)c1)n2C1CC1. The third-order valence-electron chi connectivity index (χ3n) is 3.80. The van der Waals surface area contributed by atoms with Gasteiger partial charge in [-0.1, -0.05) is 10.7 Å². The molecule has 21 heavy (non-hydrogen) atoms. The van der Waals surface area contributed by atoms with Crippen LogP contribution in [-0.2, 0) is 7.05 Å². The molecule has 1 saturated carbocycles. The Morgan fingerprint density at radius 3 is 2.90 bits per heavy atom. The van der Waals surface area contributed by atoms with E-state index in [2.05, 4.69) is 14.5 Å². The fourth-order valence-corrected chi connectivity index (χ4v) is 2.69. The van der Waals surface area contributed by atoms with Crippen molar-refractivity contribution in [1.82, 2.24) is 14.6 Å². The number of hydrogen-bond acceptors (Lipinski definition) is 2. The Morgan fingerprint density at radius 2 is 2.19 bits per heavy atom. The van der Waals surface area contributed by atoms with Crippen LogP contribution < -0.4 is 4.68 Å². The van der Waals surface area contributed by atoms with Gasteiger partial charge in [-0.2, -0.15) is 0 Å². The Bertz CT molecular complexity index is 883. The molecule has 0 bridgehead atoms. The zero-order valence-electron chi connectivity index (χ0n) is 11.7. The van der Waals surface area contributed by atoms with Gasteiger partial charge in [0.15, 0.2) is 12.7 Å². The molecule has 1 aliphatic carbocycles. The first-order valence-corrected chi connectivity index (χ1v) is 6.98. The van der Waals surface area contributed by atoms with Crippen LogP contribution in [0.15, 0.2) is 36.7 Å². The van der Waals surface area contributed by atoms with Crippen molar-refractivity contribution in [3.05, 3.63) is 48.1 Å². The van der Waals surface area contributed by atoms with Crippen LogP contribution in [0.3, 0.4) is 0 Å². The van der Waals surface area contributed by atoms with E-state index in [0.717, 1.165) is 22.4 Å². The Kier molecular flexibility index (Phi) is 2.51. The maximum Gasteiger partial charge on any atom is 0.206 e. The summed E-state index contributed by atoms with van der Waals surface area (Å²) in [4.78, 5) is 8.27. The maximum absolute atomic E-state index is 7.15. The van der Waals surface area contributed by atoms with Crippen LogP contribution in [0.5, 0.6) is 0 Å². The fraction of sp³-hybridized carbons (Fsp3) is 0.250. The summed E-state index contributed by atoms with van der Waals surface area (Å²) in [5.41, 5.74) is 3.69. The van der Waals surface area contributed by atoms with Gasteiger partial charge < -0.3 is 4.57 Å². The first-order chi connectivity index (χ1) is 10.3. The molecule has 5 nitrogen and oxygen atoms in total. The van der Waals surface area contributed by atoms with E-state index < -0.39 is 0 Å². The van der Waals surface area contributed by atoms with Crippen molar-refractivity contribution in [2.75, 3.05) is 0 Å². The molecule has 1 aliphatic rings. The topological polar surface area (TPSA) is 39.0 Å². The van der Waals surface area contributed by atoms with E-state index in [-0.39, 0.29) is 0 Å². The first-order valence-electron chi connectivity index (χ1n) is 6.98. The van der Waals surface area contributed by atoms with E-state index in [1.807, 2.05) is 37.5 Å². The summed E-state index contributed by atoms with van der Waals surface area (Å²) in [5.74, 6) is 0.965. The van der Waals surface area contributed by atoms with Crippen molar-refractivity contribution in [3.8, 4) is 11.4 Å². The molecule has 4 rings (SSSR count). The molecular formula is C16H14N5+. The number of benzene rings is 1. The molecule has 0 amide bonds. The third kappa shape index (κ3) is 1.96. The third-order valence-corrected chi connectivity index (χ3v) is 3.80. The predicted molar refractivity (Wildman–Crippen MR) is 78.7 cm³/mol. The van der Waals surface area contributed by atoms with Crippen LogP contribution in [0.2, 0.25) is 0 Å². The molecule has 0 radical (unpaired) electrons. The molecule has 5 heteroatoms. The minimum atomic E-state index is 0.530. The van der Waals surface area contributed by atoms with Crippen molar-refractivity contribution in [1.29, 1.82) is 0 Å². The summed E-state index contributed by atoms with van der Waals surface area (Å²) in [6.07, 6.45) is 6.16. The Labute approximate surface area is 122 Å². The maximum atomic E-state index is 7.15. The van der Waals surface area contributed by atoms with Gasteiger partial charge in [0.25, 0.3) is 0 Å². The highest BCUT2D eigenvalue weighted by molar-refractivity contribution is 5.84. The van der Waals surface area contributed by atoms with Gasteiger partial charge >= 0.3 is 0 Å². The molecule has 1 aromatic carbocycles. The van der Waals surface area contributed by atoms with E-state index >= 15 is 0 Å². The van der Waals surface area contributed by atoms with E-state index in [9.17, 15) is 0 Å². The highest BCUT2D eigenvalue weighted by atomic mass is 15.2. The van der Waals surface area contributed by atoms with Gasteiger partial charge in [0, 0.05) is 6.04 Å². The molecule has 2 aromatic heterocycles. The van der Waals surface area contributed by atoms with E-state index in [1.54, 1.807) is 10.9 Å². The van der Waals surface area contributed by atoms with Crippen LogP contribution in [0.1, 0.15) is 18.9 Å². The summed E-state index contributed by atoms with van der Waals surface area (Å²) < 4.78 is 4.09. The first kappa shape index (κ1) is 12.0. The second kappa shape index (κ2) is 4.38. The highest BCUT2D eigenvalue weighted by Gasteiger charge is 2.29. The summed E-state index contributed by atoms with van der Waals surface area (Å²) in [5, 5.41) is 4.18. The second-order valence-electron chi connectivity index (χ2n) is 5.41. The lowest BCUT2D eigenvalue weighted by molar-refractivity contribution is -0.730. The molecule has 3 aromatic rings. The number of aromatic nitrogens is 4. The molecule has 102 valence electrons. The smallest absolute Gasteiger partial charge is 0.206 e. The van der Waals surface area contributed by atoms with Crippen molar-refractivity contribution in [2.45, 2.75) is 18.9 Å². The Balaban J connectivity index is 1.99. The predicted octanol–water partition coefficient (Wildman–Crippen LogP) is 2.81. The summed E-state index contributed by atoms with van der Waals surface area (Å²) >= 11 is 0. The quantitative estimate of drug-likeness (QED) is 0.533. The molecule has 0 aliphatic heterocycles. The number of rotatable bonds is 2. The van der Waals surface area contributed by atoms with E-state index in [0.29, 0.717) is 11.7 Å². The Morgan fingerprint density at radius 1 is 1.33 bits per heavy atom. The van der Waals surface area contributed by atoms with Gasteiger partial charge in [0.2, 0.25) is 6.20 Å². The molecule has 2 heterocycles. The van der Waals surface area contributed by atoms with Gasteiger partial charge in [-0.3, -0.25) is 0 Å². The zero-order chi connectivity index (χ0) is 14.4.